The third kappa shape index (κ3) is 4.08. The molecule has 0 aromatic heterocycles. The maximum Gasteiger partial charge on any atom is 0.100 e. The van der Waals surface area contributed by atoms with Gasteiger partial charge in [-0.05, 0) is 54.8 Å². The Labute approximate surface area is 147 Å². The molecular formula is C22H30N2. The molecule has 1 saturated carbocycles. The number of nitriles is 1. The van der Waals surface area contributed by atoms with Crippen LogP contribution in [0.25, 0.3) is 5.57 Å². The molecule has 0 spiro atoms. The Kier molecular flexibility index (Phi) is 5.74. The third-order valence-corrected chi connectivity index (χ3v) is 6.01. The first-order valence-electron chi connectivity index (χ1n) is 9.59. The fourth-order valence-corrected chi connectivity index (χ4v) is 4.23. The molecule has 0 saturated heterocycles. The van der Waals surface area contributed by atoms with Crippen LogP contribution < -0.4 is 0 Å². The predicted molar refractivity (Wildman–Crippen MR) is 101 cm³/mol. The van der Waals surface area contributed by atoms with Gasteiger partial charge in [0.05, 0.1) is 5.56 Å². The molecular weight excluding hydrogens is 292 g/mol. The summed E-state index contributed by atoms with van der Waals surface area (Å²) in [6, 6.07) is 8.60. The number of aryl methyl sites for hydroxylation is 1. The van der Waals surface area contributed by atoms with Crippen LogP contribution >= 0.6 is 0 Å². The van der Waals surface area contributed by atoms with E-state index in [2.05, 4.69) is 36.1 Å². The van der Waals surface area contributed by atoms with E-state index in [1.807, 2.05) is 13.0 Å². The van der Waals surface area contributed by atoms with E-state index in [9.17, 15) is 5.26 Å². The molecule has 24 heavy (non-hydrogen) atoms. The lowest BCUT2D eigenvalue weighted by molar-refractivity contribution is 0.227. The van der Waals surface area contributed by atoms with Gasteiger partial charge in [-0.15, -0.1) is 0 Å². The van der Waals surface area contributed by atoms with Gasteiger partial charge in [-0.25, -0.2) is 0 Å². The van der Waals surface area contributed by atoms with Crippen LogP contribution in [-0.2, 0) is 0 Å². The molecule has 0 radical (unpaired) electrons. The Bertz CT molecular complexity index is 630. The van der Waals surface area contributed by atoms with E-state index in [0.717, 1.165) is 48.0 Å². The van der Waals surface area contributed by atoms with Crippen LogP contribution in [0, 0.1) is 30.1 Å². The first kappa shape index (κ1) is 17.2. The van der Waals surface area contributed by atoms with E-state index in [1.54, 1.807) is 0 Å². The van der Waals surface area contributed by atoms with E-state index in [-0.39, 0.29) is 0 Å². The highest BCUT2D eigenvalue weighted by Gasteiger charge is 2.20. The van der Waals surface area contributed by atoms with E-state index in [0.29, 0.717) is 0 Å². The fraction of sp³-hybridized carbons (Fsp3) is 0.591. The van der Waals surface area contributed by atoms with Crippen molar-refractivity contribution in [3.8, 4) is 6.07 Å². The Hall–Kier alpha value is -1.59. The van der Waals surface area contributed by atoms with Gasteiger partial charge < -0.3 is 0 Å². The summed E-state index contributed by atoms with van der Waals surface area (Å²) >= 11 is 0. The third-order valence-electron chi connectivity index (χ3n) is 6.01. The zero-order valence-corrected chi connectivity index (χ0v) is 15.2. The summed E-state index contributed by atoms with van der Waals surface area (Å²) in [5, 5.41) is 9.44. The molecule has 0 N–H and O–H groups in total. The normalized spacial score (nSPS) is 25.1. The summed E-state index contributed by atoms with van der Waals surface area (Å²) in [5.74, 6) is 1.90. The zero-order chi connectivity index (χ0) is 16.9. The van der Waals surface area contributed by atoms with Gasteiger partial charge in [-0.3, -0.25) is 4.90 Å². The molecule has 2 heteroatoms. The zero-order valence-electron chi connectivity index (χ0n) is 15.2. The van der Waals surface area contributed by atoms with Gasteiger partial charge in [0, 0.05) is 13.1 Å². The molecule has 1 aliphatic heterocycles. The van der Waals surface area contributed by atoms with E-state index in [4.69, 9.17) is 0 Å². The summed E-state index contributed by atoms with van der Waals surface area (Å²) < 4.78 is 0. The molecule has 128 valence electrons. The van der Waals surface area contributed by atoms with Crippen LogP contribution in [0.3, 0.4) is 0 Å². The summed E-state index contributed by atoms with van der Waals surface area (Å²) in [5.41, 5.74) is 4.45. The van der Waals surface area contributed by atoms with Crippen molar-refractivity contribution in [2.24, 2.45) is 11.8 Å². The summed E-state index contributed by atoms with van der Waals surface area (Å²) in [4.78, 5) is 2.59. The van der Waals surface area contributed by atoms with E-state index in [1.165, 1.54) is 44.2 Å². The minimum Gasteiger partial charge on any atom is -0.299 e. The van der Waals surface area contributed by atoms with Gasteiger partial charge in [0.2, 0.25) is 0 Å². The molecule has 0 amide bonds. The van der Waals surface area contributed by atoms with Gasteiger partial charge in [-0.2, -0.15) is 5.26 Å². The molecule has 0 atom stereocenters. The Morgan fingerprint density at radius 3 is 2.67 bits per heavy atom. The quantitative estimate of drug-likeness (QED) is 0.764. The lowest BCUT2D eigenvalue weighted by atomic mass is 9.81. The van der Waals surface area contributed by atoms with Gasteiger partial charge >= 0.3 is 0 Å². The molecule has 1 aromatic carbocycles. The monoisotopic (exact) mass is 322 g/mol. The number of rotatable bonds is 4. The molecule has 1 heterocycles. The number of hydrogen-bond donors (Lipinski definition) is 0. The van der Waals surface area contributed by atoms with E-state index >= 15 is 0 Å². The van der Waals surface area contributed by atoms with Gasteiger partial charge in [-0.1, -0.05) is 56.9 Å². The second kappa shape index (κ2) is 7.99. The van der Waals surface area contributed by atoms with Crippen molar-refractivity contribution in [2.45, 2.75) is 52.4 Å². The molecule has 0 unspecified atom stereocenters. The second-order valence-electron chi connectivity index (χ2n) is 7.80. The van der Waals surface area contributed by atoms with Crippen molar-refractivity contribution in [3.05, 3.63) is 41.0 Å². The lowest BCUT2D eigenvalue weighted by Gasteiger charge is -2.31. The second-order valence-corrected chi connectivity index (χ2v) is 7.80. The van der Waals surface area contributed by atoms with Crippen molar-refractivity contribution in [2.75, 3.05) is 19.6 Å². The standard InChI is InChI=1S/C22H30N2/c1-17-6-8-19(9-7-17)10-13-24-14-11-20(12-15-24)21-5-3-4-18(2)22(21)16-23/h3-5,11,17,19H,6-10,12-15H2,1-2H3/t17-,19-. The molecule has 2 aliphatic rings. The van der Waals surface area contributed by atoms with Crippen molar-refractivity contribution < 1.29 is 0 Å². The molecule has 1 aliphatic carbocycles. The number of nitrogens with zero attached hydrogens (tertiary/aromatic N) is 2. The summed E-state index contributed by atoms with van der Waals surface area (Å²) in [6.45, 7) is 7.84. The maximum absolute atomic E-state index is 9.44. The number of hydrogen-bond acceptors (Lipinski definition) is 2. The van der Waals surface area contributed by atoms with Gasteiger partial charge in [0.15, 0.2) is 0 Å². The number of benzene rings is 1. The summed E-state index contributed by atoms with van der Waals surface area (Å²) in [7, 11) is 0. The Morgan fingerprint density at radius 2 is 2.00 bits per heavy atom. The largest absolute Gasteiger partial charge is 0.299 e. The predicted octanol–water partition coefficient (Wildman–Crippen LogP) is 5.17. The Morgan fingerprint density at radius 1 is 1.21 bits per heavy atom. The SMILES string of the molecule is Cc1cccc(C2=CCN(CC[C@H]3CC[C@H](C)CC3)CC2)c1C#N. The first-order chi connectivity index (χ1) is 11.7. The van der Waals surface area contributed by atoms with Crippen molar-refractivity contribution in [1.82, 2.24) is 4.90 Å². The molecule has 1 aromatic rings. The molecule has 0 bridgehead atoms. The van der Waals surface area contributed by atoms with Crippen molar-refractivity contribution >= 4 is 5.57 Å². The van der Waals surface area contributed by atoms with Crippen LogP contribution in [0.15, 0.2) is 24.3 Å². The van der Waals surface area contributed by atoms with E-state index < -0.39 is 0 Å². The highest BCUT2D eigenvalue weighted by atomic mass is 15.1. The van der Waals surface area contributed by atoms with Crippen LogP contribution in [0.2, 0.25) is 0 Å². The van der Waals surface area contributed by atoms with Crippen LogP contribution in [0.5, 0.6) is 0 Å². The highest BCUT2D eigenvalue weighted by molar-refractivity contribution is 5.72. The Balaban J connectivity index is 1.55. The minimum atomic E-state index is 0.855. The minimum absolute atomic E-state index is 0.855. The smallest absolute Gasteiger partial charge is 0.100 e. The summed E-state index contributed by atoms with van der Waals surface area (Å²) in [6.07, 6.45) is 10.5. The van der Waals surface area contributed by atoms with Gasteiger partial charge in [0.1, 0.15) is 6.07 Å². The fourth-order valence-electron chi connectivity index (χ4n) is 4.23. The maximum atomic E-state index is 9.44. The van der Waals surface area contributed by atoms with Crippen LogP contribution in [-0.4, -0.2) is 24.5 Å². The average molecular weight is 322 g/mol. The van der Waals surface area contributed by atoms with Crippen LogP contribution in [0.1, 0.15) is 62.1 Å². The van der Waals surface area contributed by atoms with Crippen molar-refractivity contribution in [3.63, 3.8) is 0 Å². The van der Waals surface area contributed by atoms with Crippen molar-refractivity contribution in [1.29, 1.82) is 5.26 Å². The highest BCUT2D eigenvalue weighted by Crippen LogP contribution is 2.31. The van der Waals surface area contributed by atoms with Gasteiger partial charge in [0.25, 0.3) is 0 Å². The van der Waals surface area contributed by atoms with Crippen LogP contribution in [0.4, 0.5) is 0 Å². The molecule has 1 fully saturated rings. The average Bonchev–Trinajstić information content (AvgIpc) is 2.61. The molecule has 3 rings (SSSR count). The molecule has 2 nitrogen and oxygen atoms in total. The first-order valence-corrected chi connectivity index (χ1v) is 9.59. The topological polar surface area (TPSA) is 27.0 Å². The lowest BCUT2D eigenvalue weighted by Crippen LogP contribution is -2.31.